The molecule has 0 heterocycles. The molecule has 0 aromatic carbocycles. The Morgan fingerprint density at radius 1 is 1.46 bits per heavy atom. The standard InChI is InChI=1S/C8H15NO4/c1-5(6(10)11)9-8(2,3)7(12)13-4/h5,9H,1-4H3,(H,10,11). The van der Waals surface area contributed by atoms with Gasteiger partial charge in [-0.05, 0) is 20.8 Å². The summed E-state index contributed by atoms with van der Waals surface area (Å²) in [6.07, 6.45) is 0. The van der Waals surface area contributed by atoms with Crippen LogP contribution in [-0.2, 0) is 14.3 Å². The average Bonchev–Trinajstić information content (AvgIpc) is 2.01. The number of carbonyl (C=O) groups excluding carboxylic acids is 1. The number of rotatable bonds is 4. The number of aliphatic carboxylic acids is 1. The minimum Gasteiger partial charge on any atom is -0.480 e. The molecule has 0 aliphatic heterocycles. The van der Waals surface area contributed by atoms with Crippen LogP contribution in [0.2, 0.25) is 0 Å². The van der Waals surface area contributed by atoms with Crippen LogP contribution in [-0.4, -0.2) is 35.7 Å². The Hall–Kier alpha value is -1.10. The van der Waals surface area contributed by atoms with E-state index < -0.39 is 23.5 Å². The highest BCUT2D eigenvalue weighted by Gasteiger charge is 2.31. The number of methoxy groups -OCH3 is 1. The molecule has 0 saturated heterocycles. The van der Waals surface area contributed by atoms with Gasteiger partial charge in [0, 0.05) is 0 Å². The fourth-order valence-corrected chi connectivity index (χ4v) is 0.917. The molecule has 0 fully saturated rings. The van der Waals surface area contributed by atoms with Crippen molar-refractivity contribution < 1.29 is 19.4 Å². The highest BCUT2D eigenvalue weighted by Crippen LogP contribution is 2.05. The van der Waals surface area contributed by atoms with E-state index in [1.165, 1.54) is 14.0 Å². The first-order chi connectivity index (χ1) is 5.81. The summed E-state index contributed by atoms with van der Waals surface area (Å²) >= 11 is 0. The molecular formula is C8H15NO4. The molecule has 0 aromatic heterocycles. The Morgan fingerprint density at radius 2 is 1.92 bits per heavy atom. The molecule has 0 spiro atoms. The Labute approximate surface area is 77.1 Å². The lowest BCUT2D eigenvalue weighted by atomic mass is 10.0. The Balaban J connectivity index is 4.32. The first kappa shape index (κ1) is 11.9. The van der Waals surface area contributed by atoms with Crippen LogP contribution < -0.4 is 5.32 Å². The third kappa shape index (κ3) is 3.42. The van der Waals surface area contributed by atoms with Gasteiger partial charge in [-0.15, -0.1) is 0 Å². The average molecular weight is 189 g/mol. The first-order valence-corrected chi connectivity index (χ1v) is 3.90. The Morgan fingerprint density at radius 3 is 2.23 bits per heavy atom. The van der Waals surface area contributed by atoms with E-state index in [1.807, 2.05) is 0 Å². The van der Waals surface area contributed by atoms with E-state index in [4.69, 9.17) is 5.11 Å². The van der Waals surface area contributed by atoms with Gasteiger partial charge in [0.2, 0.25) is 0 Å². The third-order valence-electron chi connectivity index (χ3n) is 1.64. The number of ether oxygens (including phenoxy) is 1. The molecule has 0 bridgehead atoms. The van der Waals surface area contributed by atoms with Gasteiger partial charge in [-0.25, -0.2) is 0 Å². The zero-order valence-corrected chi connectivity index (χ0v) is 8.25. The second kappa shape index (κ2) is 4.23. The fraction of sp³-hybridized carbons (Fsp3) is 0.750. The van der Waals surface area contributed by atoms with Crippen LogP contribution in [0.4, 0.5) is 0 Å². The molecule has 2 N–H and O–H groups in total. The summed E-state index contributed by atoms with van der Waals surface area (Å²) in [5.74, 6) is -1.49. The van der Waals surface area contributed by atoms with Crippen LogP contribution in [0.1, 0.15) is 20.8 Å². The topological polar surface area (TPSA) is 75.6 Å². The number of hydrogen-bond acceptors (Lipinski definition) is 4. The lowest BCUT2D eigenvalue weighted by Crippen LogP contribution is -2.53. The summed E-state index contributed by atoms with van der Waals surface area (Å²) in [6.45, 7) is 4.60. The Kier molecular flexibility index (Phi) is 3.87. The largest absolute Gasteiger partial charge is 0.480 e. The van der Waals surface area contributed by atoms with E-state index in [1.54, 1.807) is 13.8 Å². The molecule has 0 aromatic rings. The molecule has 0 rings (SSSR count). The number of nitrogens with one attached hydrogen (secondary N) is 1. The fourth-order valence-electron chi connectivity index (χ4n) is 0.917. The van der Waals surface area contributed by atoms with Gasteiger partial charge < -0.3 is 9.84 Å². The van der Waals surface area contributed by atoms with E-state index >= 15 is 0 Å². The van der Waals surface area contributed by atoms with Gasteiger partial charge in [0.25, 0.3) is 0 Å². The molecule has 0 saturated carbocycles. The normalized spacial score (nSPS) is 13.5. The van der Waals surface area contributed by atoms with Crippen molar-refractivity contribution in [2.45, 2.75) is 32.4 Å². The molecule has 5 heteroatoms. The van der Waals surface area contributed by atoms with Crippen LogP contribution in [0.25, 0.3) is 0 Å². The SMILES string of the molecule is COC(=O)C(C)(C)NC(C)C(=O)O. The van der Waals surface area contributed by atoms with E-state index in [0.29, 0.717) is 0 Å². The van der Waals surface area contributed by atoms with Crippen molar-refractivity contribution in [1.29, 1.82) is 0 Å². The molecule has 0 aliphatic carbocycles. The molecule has 5 nitrogen and oxygen atoms in total. The summed E-state index contributed by atoms with van der Waals surface area (Å²) in [5.41, 5.74) is -0.980. The molecule has 0 aliphatic rings. The van der Waals surface area contributed by atoms with Gasteiger partial charge in [-0.2, -0.15) is 0 Å². The number of carboxylic acid groups (broad SMARTS) is 1. The maximum absolute atomic E-state index is 11.1. The lowest BCUT2D eigenvalue weighted by Gasteiger charge is -2.25. The van der Waals surface area contributed by atoms with E-state index in [2.05, 4.69) is 10.1 Å². The predicted molar refractivity (Wildman–Crippen MR) is 46.3 cm³/mol. The van der Waals surface area contributed by atoms with Crippen molar-refractivity contribution in [2.24, 2.45) is 0 Å². The van der Waals surface area contributed by atoms with E-state index in [-0.39, 0.29) is 0 Å². The molecular weight excluding hydrogens is 174 g/mol. The van der Waals surface area contributed by atoms with Crippen molar-refractivity contribution in [3.63, 3.8) is 0 Å². The summed E-state index contributed by atoms with van der Waals surface area (Å²) in [6, 6.07) is -0.783. The summed E-state index contributed by atoms with van der Waals surface area (Å²) in [7, 11) is 1.26. The molecule has 1 unspecified atom stereocenters. The monoisotopic (exact) mass is 189 g/mol. The third-order valence-corrected chi connectivity index (χ3v) is 1.64. The molecule has 0 radical (unpaired) electrons. The van der Waals surface area contributed by atoms with Gasteiger partial charge >= 0.3 is 11.9 Å². The highest BCUT2D eigenvalue weighted by molar-refractivity contribution is 5.81. The van der Waals surface area contributed by atoms with Crippen molar-refractivity contribution >= 4 is 11.9 Å². The summed E-state index contributed by atoms with van der Waals surface area (Å²) < 4.78 is 4.50. The molecule has 76 valence electrons. The van der Waals surface area contributed by atoms with Crippen molar-refractivity contribution in [2.75, 3.05) is 7.11 Å². The second-order valence-electron chi connectivity index (χ2n) is 3.32. The van der Waals surface area contributed by atoms with E-state index in [9.17, 15) is 9.59 Å². The van der Waals surface area contributed by atoms with Gasteiger partial charge in [-0.1, -0.05) is 0 Å². The minimum absolute atomic E-state index is 0.486. The van der Waals surface area contributed by atoms with Crippen molar-refractivity contribution in [3.8, 4) is 0 Å². The summed E-state index contributed by atoms with van der Waals surface area (Å²) in [5, 5.41) is 11.2. The minimum atomic E-state index is -1.00. The van der Waals surface area contributed by atoms with Crippen LogP contribution >= 0.6 is 0 Å². The quantitative estimate of drug-likeness (QED) is 0.609. The maximum Gasteiger partial charge on any atom is 0.325 e. The van der Waals surface area contributed by atoms with Crippen LogP contribution in [0, 0.1) is 0 Å². The van der Waals surface area contributed by atoms with Gasteiger partial charge in [0.1, 0.15) is 11.6 Å². The summed E-state index contributed by atoms with van der Waals surface area (Å²) in [4.78, 5) is 21.6. The highest BCUT2D eigenvalue weighted by atomic mass is 16.5. The Bertz CT molecular complexity index is 212. The van der Waals surface area contributed by atoms with Crippen molar-refractivity contribution in [1.82, 2.24) is 5.32 Å². The zero-order valence-electron chi connectivity index (χ0n) is 8.25. The smallest absolute Gasteiger partial charge is 0.325 e. The van der Waals surface area contributed by atoms with Gasteiger partial charge in [-0.3, -0.25) is 14.9 Å². The predicted octanol–water partition coefficient (Wildman–Crippen LogP) is 0.000700. The number of carbonyl (C=O) groups is 2. The van der Waals surface area contributed by atoms with Gasteiger partial charge in [0.05, 0.1) is 7.11 Å². The first-order valence-electron chi connectivity index (χ1n) is 3.90. The maximum atomic E-state index is 11.1. The van der Waals surface area contributed by atoms with Crippen LogP contribution in [0.15, 0.2) is 0 Å². The van der Waals surface area contributed by atoms with Crippen LogP contribution in [0.3, 0.4) is 0 Å². The number of carboxylic acids is 1. The molecule has 0 amide bonds. The van der Waals surface area contributed by atoms with E-state index in [0.717, 1.165) is 0 Å². The number of hydrogen-bond donors (Lipinski definition) is 2. The van der Waals surface area contributed by atoms with Crippen molar-refractivity contribution in [3.05, 3.63) is 0 Å². The molecule has 1 atom stereocenters. The van der Waals surface area contributed by atoms with Crippen LogP contribution in [0.5, 0.6) is 0 Å². The molecule has 13 heavy (non-hydrogen) atoms. The number of esters is 1. The lowest BCUT2D eigenvalue weighted by molar-refractivity contribution is -0.148. The van der Waals surface area contributed by atoms with Gasteiger partial charge in [0.15, 0.2) is 0 Å². The zero-order chi connectivity index (χ0) is 10.6. The second-order valence-corrected chi connectivity index (χ2v) is 3.32.